The van der Waals surface area contributed by atoms with Crippen LogP contribution in [-0.4, -0.2) is 10.8 Å². The van der Waals surface area contributed by atoms with Gasteiger partial charge in [-0.2, -0.15) is 5.10 Å². The molecule has 120 valence electrons. The molecule has 0 radical (unpaired) electrons. The SMILES string of the molecule is C/C(=N/NC(=S)Nc1ccccc1Cl)c1cccc2ccccc12. The summed E-state index contributed by atoms with van der Waals surface area (Å²) in [5, 5.41) is 10.8. The number of hydrogen-bond donors (Lipinski definition) is 2. The first kappa shape index (κ1) is 16.4. The summed E-state index contributed by atoms with van der Waals surface area (Å²) in [7, 11) is 0. The molecule has 0 heterocycles. The molecule has 0 spiro atoms. The van der Waals surface area contributed by atoms with Crippen molar-refractivity contribution in [2.45, 2.75) is 6.92 Å². The Balaban J connectivity index is 1.76. The number of hydrazone groups is 1. The van der Waals surface area contributed by atoms with E-state index in [0.717, 1.165) is 22.3 Å². The van der Waals surface area contributed by atoms with Crippen LogP contribution >= 0.6 is 23.8 Å². The highest BCUT2D eigenvalue weighted by Gasteiger charge is 2.05. The second-order valence-corrected chi connectivity index (χ2v) is 6.09. The number of benzene rings is 3. The quantitative estimate of drug-likeness (QED) is 0.386. The Morgan fingerprint density at radius 1 is 0.958 bits per heavy atom. The van der Waals surface area contributed by atoms with Crippen molar-refractivity contribution in [2.75, 3.05) is 5.32 Å². The summed E-state index contributed by atoms with van der Waals surface area (Å²) < 4.78 is 0. The van der Waals surface area contributed by atoms with Gasteiger partial charge in [0.05, 0.1) is 16.4 Å². The second kappa shape index (κ2) is 7.43. The molecular formula is C19H16ClN3S. The van der Waals surface area contributed by atoms with Gasteiger partial charge in [-0.25, -0.2) is 0 Å². The van der Waals surface area contributed by atoms with Crippen molar-refractivity contribution in [3.63, 3.8) is 0 Å². The molecule has 24 heavy (non-hydrogen) atoms. The molecule has 0 unspecified atom stereocenters. The lowest BCUT2D eigenvalue weighted by molar-refractivity contribution is 1.04. The number of anilines is 1. The van der Waals surface area contributed by atoms with Gasteiger partial charge in [0.2, 0.25) is 0 Å². The van der Waals surface area contributed by atoms with E-state index in [9.17, 15) is 0 Å². The third-order valence-electron chi connectivity index (χ3n) is 3.63. The van der Waals surface area contributed by atoms with E-state index in [-0.39, 0.29) is 0 Å². The van der Waals surface area contributed by atoms with Crippen molar-refractivity contribution >= 4 is 51.1 Å². The predicted octanol–water partition coefficient (Wildman–Crippen LogP) is 5.20. The van der Waals surface area contributed by atoms with Crippen molar-refractivity contribution in [2.24, 2.45) is 5.10 Å². The molecule has 0 saturated carbocycles. The Morgan fingerprint density at radius 2 is 1.67 bits per heavy atom. The second-order valence-electron chi connectivity index (χ2n) is 5.27. The number of nitrogens with zero attached hydrogens (tertiary/aromatic N) is 1. The van der Waals surface area contributed by atoms with Crippen LogP contribution in [-0.2, 0) is 0 Å². The summed E-state index contributed by atoms with van der Waals surface area (Å²) >= 11 is 11.4. The summed E-state index contributed by atoms with van der Waals surface area (Å²) in [6, 6.07) is 21.8. The first-order valence-electron chi connectivity index (χ1n) is 7.49. The van der Waals surface area contributed by atoms with E-state index in [1.807, 2.05) is 49.4 Å². The molecule has 2 N–H and O–H groups in total. The molecule has 0 aromatic heterocycles. The smallest absolute Gasteiger partial charge is 0.191 e. The van der Waals surface area contributed by atoms with Gasteiger partial charge in [-0.1, -0.05) is 66.2 Å². The van der Waals surface area contributed by atoms with E-state index in [1.165, 1.54) is 5.39 Å². The molecule has 5 heteroatoms. The molecule has 0 amide bonds. The van der Waals surface area contributed by atoms with Crippen LogP contribution in [0.4, 0.5) is 5.69 Å². The van der Waals surface area contributed by atoms with Crippen LogP contribution in [0, 0.1) is 0 Å². The van der Waals surface area contributed by atoms with Gasteiger partial charge in [-0.15, -0.1) is 0 Å². The Morgan fingerprint density at radius 3 is 2.50 bits per heavy atom. The van der Waals surface area contributed by atoms with E-state index in [0.29, 0.717) is 10.1 Å². The standard InChI is InChI=1S/C19H16ClN3S/c1-13(15-10-6-8-14-7-2-3-9-16(14)15)22-23-19(24)21-18-12-5-4-11-17(18)20/h2-12H,1H3,(H2,21,23,24)/b22-13-. The largest absolute Gasteiger partial charge is 0.330 e. The number of halogens is 1. The van der Waals surface area contributed by atoms with Crippen molar-refractivity contribution in [3.05, 3.63) is 77.3 Å². The summed E-state index contributed by atoms with van der Waals surface area (Å²) in [6.45, 7) is 1.95. The zero-order valence-corrected chi connectivity index (χ0v) is 14.7. The minimum Gasteiger partial charge on any atom is -0.330 e. The monoisotopic (exact) mass is 353 g/mol. The minimum absolute atomic E-state index is 0.391. The Bertz CT molecular complexity index is 916. The van der Waals surface area contributed by atoms with Crippen molar-refractivity contribution in [1.29, 1.82) is 0 Å². The van der Waals surface area contributed by atoms with Crippen LogP contribution in [0.15, 0.2) is 71.8 Å². The van der Waals surface area contributed by atoms with E-state index in [2.05, 4.69) is 34.0 Å². The molecular weight excluding hydrogens is 338 g/mol. The maximum atomic E-state index is 6.11. The Hall–Kier alpha value is -2.43. The first-order valence-corrected chi connectivity index (χ1v) is 8.28. The topological polar surface area (TPSA) is 36.4 Å². The van der Waals surface area contributed by atoms with E-state index >= 15 is 0 Å². The maximum Gasteiger partial charge on any atom is 0.191 e. The average molecular weight is 354 g/mol. The highest BCUT2D eigenvalue weighted by molar-refractivity contribution is 7.80. The fraction of sp³-hybridized carbons (Fsp3) is 0.0526. The highest BCUT2D eigenvalue weighted by atomic mass is 35.5. The van der Waals surface area contributed by atoms with Crippen molar-refractivity contribution < 1.29 is 0 Å². The highest BCUT2D eigenvalue weighted by Crippen LogP contribution is 2.20. The number of para-hydroxylation sites is 1. The molecule has 3 aromatic carbocycles. The predicted molar refractivity (Wildman–Crippen MR) is 107 cm³/mol. The van der Waals surface area contributed by atoms with E-state index in [4.69, 9.17) is 23.8 Å². The van der Waals surface area contributed by atoms with Crippen LogP contribution in [0.2, 0.25) is 5.02 Å². The molecule has 0 bridgehead atoms. The molecule has 3 rings (SSSR count). The number of nitrogens with one attached hydrogen (secondary N) is 2. The van der Waals surface area contributed by atoms with Crippen LogP contribution in [0.5, 0.6) is 0 Å². The van der Waals surface area contributed by atoms with Crippen molar-refractivity contribution in [3.8, 4) is 0 Å². The zero-order valence-electron chi connectivity index (χ0n) is 13.1. The fourth-order valence-corrected chi connectivity index (χ4v) is 2.79. The van der Waals surface area contributed by atoms with Crippen molar-refractivity contribution in [1.82, 2.24) is 5.43 Å². The molecule has 0 aliphatic rings. The lowest BCUT2D eigenvalue weighted by Crippen LogP contribution is -2.25. The molecule has 3 aromatic rings. The summed E-state index contributed by atoms with van der Waals surface area (Å²) in [5.41, 5.74) is 5.54. The zero-order chi connectivity index (χ0) is 16.9. The van der Waals surface area contributed by atoms with Gasteiger partial charge in [-0.3, -0.25) is 5.43 Å². The molecule has 0 aliphatic carbocycles. The average Bonchev–Trinajstić information content (AvgIpc) is 2.61. The maximum absolute atomic E-state index is 6.11. The number of fused-ring (bicyclic) bond motifs is 1. The molecule has 0 aliphatic heterocycles. The van der Waals surface area contributed by atoms with Crippen LogP contribution in [0.1, 0.15) is 12.5 Å². The van der Waals surface area contributed by atoms with Gasteiger partial charge in [0, 0.05) is 5.56 Å². The van der Waals surface area contributed by atoms with Gasteiger partial charge in [-0.05, 0) is 42.0 Å². The van der Waals surface area contributed by atoms with E-state index in [1.54, 1.807) is 6.07 Å². The van der Waals surface area contributed by atoms with Crippen LogP contribution < -0.4 is 10.7 Å². The van der Waals surface area contributed by atoms with Gasteiger partial charge in [0.1, 0.15) is 0 Å². The summed E-state index contributed by atoms with van der Waals surface area (Å²) in [4.78, 5) is 0. The first-order chi connectivity index (χ1) is 11.6. The fourth-order valence-electron chi connectivity index (χ4n) is 2.45. The Labute approximate surface area is 151 Å². The molecule has 0 fully saturated rings. The molecule has 3 nitrogen and oxygen atoms in total. The third kappa shape index (κ3) is 3.72. The van der Waals surface area contributed by atoms with E-state index < -0.39 is 0 Å². The van der Waals surface area contributed by atoms with Gasteiger partial charge < -0.3 is 5.32 Å². The van der Waals surface area contributed by atoms with Crippen LogP contribution in [0.3, 0.4) is 0 Å². The molecule has 0 atom stereocenters. The summed E-state index contributed by atoms with van der Waals surface area (Å²) in [6.07, 6.45) is 0. The minimum atomic E-state index is 0.391. The normalized spacial score (nSPS) is 11.3. The number of thiocarbonyl (C=S) groups is 1. The van der Waals surface area contributed by atoms with Gasteiger partial charge in [0.15, 0.2) is 5.11 Å². The number of hydrogen-bond acceptors (Lipinski definition) is 2. The van der Waals surface area contributed by atoms with Crippen LogP contribution in [0.25, 0.3) is 10.8 Å². The lowest BCUT2D eigenvalue weighted by Gasteiger charge is -2.10. The lowest BCUT2D eigenvalue weighted by atomic mass is 10.0. The molecule has 0 saturated heterocycles. The summed E-state index contributed by atoms with van der Waals surface area (Å²) in [5.74, 6) is 0. The number of rotatable bonds is 3. The van der Waals surface area contributed by atoms with Gasteiger partial charge >= 0.3 is 0 Å². The van der Waals surface area contributed by atoms with Gasteiger partial charge in [0.25, 0.3) is 0 Å². The Kier molecular flexibility index (Phi) is 5.08. The third-order valence-corrected chi connectivity index (χ3v) is 4.15.